The van der Waals surface area contributed by atoms with Crippen LogP contribution in [0.2, 0.25) is 5.02 Å². The fraction of sp³-hybridized carbons (Fsp3) is 0.333. The van der Waals surface area contributed by atoms with Gasteiger partial charge in [-0.25, -0.2) is 0 Å². The van der Waals surface area contributed by atoms with E-state index in [4.69, 9.17) is 21.8 Å². The molecular formula is C9H11ClO3. The number of hydrogen-bond acceptors (Lipinski definition) is 3. The van der Waals surface area contributed by atoms with Gasteiger partial charge in [0.25, 0.3) is 0 Å². The Morgan fingerprint density at radius 1 is 1.31 bits per heavy atom. The molecule has 0 amide bonds. The van der Waals surface area contributed by atoms with Gasteiger partial charge in [-0.15, -0.1) is 0 Å². The van der Waals surface area contributed by atoms with E-state index in [1.54, 1.807) is 6.92 Å². The van der Waals surface area contributed by atoms with Crippen LogP contribution in [0.1, 0.15) is 18.4 Å². The number of rotatable bonds is 2. The lowest BCUT2D eigenvalue weighted by Crippen LogP contribution is -1.99. The monoisotopic (exact) mass is 202 g/mol. The lowest BCUT2D eigenvalue weighted by molar-refractivity contribution is 0.272. The van der Waals surface area contributed by atoms with Crippen LogP contribution in [0, 0.1) is 0 Å². The van der Waals surface area contributed by atoms with Crippen LogP contribution < -0.4 is 0 Å². The number of phenolic OH excluding ortho intramolecular Hbond substituents is 2. The van der Waals surface area contributed by atoms with Gasteiger partial charge in [0.1, 0.15) is 0 Å². The lowest BCUT2D eigenvalue weighted by Gasteiger charge is -2.11. The van der Waals surface area contributed by atoms with Crippen molar-refractivity contribution in [2.45, 2.75) is 12.8 Å². The van der Waals surface area contributed by atoms with Crippen molar-refractivity contribution in [1.29, 1.82) is 0 Å². The summed E-state index contributed by atoms with van der Waals surface area (Å²) in [6.07, 6.45) is 0. The second-order valence-electron chi connectivity index (χ2n) is 2.95. The van der Waals surface area contributed by atoms with Gasteiger partial charge in [-0.05, 0) is 11.6 Å². The minimum atomic E-state index is -0.251. The minimum Gasteiger partial charge on any atom is -0.504 e. The summed E-state index contributed by atoms with van der Waals surface area (Å²) in [5.41, 5.74) is 0.625. The van der Waals surface area contributed by atoms with E-state index in [-0.39, 0.29) is 24.0 Å². The molecule has 0 aliphatic carbocycles. The number of aliphatic hydroxyl groups excluding tert-OH is 1. The molecule has 0 aromatic heterocycles. The molecule has 0 aliphatic heterocycles. The molecule has 0 saturated carbocycles. The molecule has 13 heavy (non-hydrogen) atoms. The molecule has 1 unspecified atom stereocenters. The first-order chi connectivity index (χ1) is 6.06. The first kappa shape index (κ1) is 10.2. The average molecular weight is 203 g/mol. The van der Waals surface area contributed by atoms with E-state index in [0.717, 1.165) is 0 Å². The summed E-state index contributed by atoms with van der Waals surface area (Å²) >= 11 is 5.79. The summed E-state index contributed by atoms with van der Waals surface area (Å²) in [4.78, 5) is 0. The van der Waals surface area contributed by atoms with Gasteiger partial charge in [-0.2, -0.15) is 0 Å². The Balaban J connectivity index is 3.15. The standard InChI is InChI=1S/C9H11ClO3/c1-5(4-11)6-2-8(12)9(13)3-7(6)10/h2-3,5,11-13H,4H2,1H3. The second kappa shape index (κ2) is 3.85. The summed E-state index contributed by atoms with van der Waals surface area (Å²) in [5.74, 6) is -0.627. The van der Waals surface area contributed by atoms with Crippen molar-refractivity contribution in [1.82, 2.24) is 0 Å². The van der Waals surface area contributed by atoms with Gasteiger partial charge >= 0.3 is 0 Å². The molecule has 1 aromatic rings. The van der Waals surface area contributed by atoms with E-state index in [2.05, 4.69) is 0 Å². The van der Waals surface area contributed by atoms with E-state index in [0.29, 0.717) is 10.6 Å². The quantitative estimate of drug-likeness (QED) is 0.642. The fourth-order valence-electron chi connectivity index (χ4n) is 1.04. The molecule has 3 N–H and O–H groups in total. The smallest absolute Gasteiger partial charge is 0.158 e. The van der Waals surface area contributed by atoms with Gasteiger partial charge in [0.05, 0.1) is 0 Å². The Morgan fingerprint density at radius 3 is 2.38 bits per heavy atom. The first-order valence-corrected chi connectivity index (χ1v) is 4.26. The van der Waals surface area contributed by atoms with E-state index in [1.807, 2.05) is 0 Å². The summed E-state index contributed by atoms with van der Waals surface area (Å²) < 4.78 is 0. The van der Waals surface area contributed by atoms with Crippen LogP contribution in [0.4, 0.5) is 0 Å². The third-order valence-electron chi connectivity index (χ3n) is 1.90. The number of benzene rings is 1. The van der Waals surface area contributed by atoms with Crippen molar-refractivity contribution in [2.75, 3.05) is 6.61 Å². The second-order valence-corrected chi connectivity index (χ2v) is 3.35. The normalized spacial score (nSPS) is 12.8. The molecular weight excluding hydrogens is 192 g/mol. The topological polar surface area (TPSA) is 60.7 Å². The Bertz CT molecular complexity index is 312. The largest absolute Gasteiger partial charge is 0.504 e. The van der Waals surface area contributed by atoms with Crippen molar-refractivity contribution >= 4 is 11.6 Å². The highest BCUT2D eigenvalue weighted by Crippen LogP contribution is 2.34. The van der Waals surface area contributed by atoms with Crippen molar-refractivity contribution in [2.24, 2.45) is 0 Å². The molecule has 0 spiro atoms. The minimum absolute atomic E-state index is 0.0517. The van der Waals surface area contributed by atoms with Gasteiger partial charge in [0, 0.05) is 23.6 Å². The first-order valence-electron chi connectivity index (χ1n) is 3.88. The van der Waals surface area contributed by atoms with Crippen molar-refractivity contribution < 1.29 is 15.3 Å². The molecule has 0 radical (unpaired) electrons. The van der Waals surface area contributed by atoms with Gasteiger partial charge in [-0.1, -0.05) is 18.5 Å². The van der Waals surface area contributed by atoms with E-state index in [9.17, 15) is 5.11 Å². The van der Waals surface area contributed by atoms with Crippen LogP contribution in [-0.2, 0) is 0 Å². The van der Waals surface area contributed by atoms with Crippen LogP contribution in [0.5, 0.6) is 11.5 Å². The van der Waals surface area contributed by atoms with Crippen LogP contribution in [-0.4, -0.2) is 21.9 Å². The lowest BCUT2D eigenvalue weighted by atomic mass is 10.0. The molecule has 4 heteroatoms. The summed E-state index contributed by atoms with van der Waals surface area (Å²) in [5, 5.41) is 27.5. The molecule has 3 nitrogen and oxygen atoms in total. The Morgan fingerprint density at radius 2 is 1.85 bits per heavy atom. The van der Waals surface area contributed by atoms with Gasteiger partial charge < -0.3 is 15.3 Å². The zero-order chi connectivity index (χ0) is 10.0. The maximum atomic E-state index is 9.18. The highest BCUT2D eigenvalue weighted by Gasteiger charge is 2.12. The van der Waals surface area contributed by atoms with Gasteiger partial charge in [-0.3, -0.25) is 0 Å². The van der Waals surface area contributed by atoms with Gasteiger partial charge in [0.15, 0.2) is 11.5 Å². The zero-order valence-electron chi connectivity index (χ0n) is 7.16. The molecule has 0 bridgehead atoms. The van der Waals surface area contributed by atoms with Crippen LogP contribution in [0.15, 0.2) is 12.1 Å². The maximum absolute atomic E-state index is 9.18. The predicted octanol–water partition coefficient (Wildman–Crippen LogP) is 1.85. The van der Waals surface area contributed by atoms with E-state index in [1.165, 1.54) is 12.1 Å². The highest BCUT2D eigenvalue weighted by molar-refractivity contribution is 6.31. The molecule has 0 fully saturated rings. The Labute approximate surface area is 81.2 Å². The van der Waals surface area contributed by atoms with Crippen molar-refractivity contribution in [3.8, 4) is 11.5 Å². The average Bonchev–Trinajstić information content (AvgIpc) is 2.10. The fourth-order valence-corrected chi connectivity index (χ4v) is 1.39. The molecule has 72 valence electrons. The maximum Gasteiger partial charge on any atom is 0.158 e. The molecule has 0 heterocycles. The van der Waals surface area contributed by atoms with E-state index >= 15 is 0 Å². The number of phenols is 2. The van der Waals surface area contributed by atoms with E-state index < -0.39 is 0 Å². The summed E-state index contributed by atoms with van der Waals surface area (Å²) in [6, 6.07) is 2.62. The number of hydrogen-bond donors (Lipinski definition) is 3. The highest BCUT2D eigenvalue weighted by atomic mass is 35.5. The van der Waals surface area contributed by atoms with Crippen LogP contribution in [0.3, 0.4) is 0 Å². The summed E-state index contributed by atoms with van der Waals surface area (Å²) in [6.45, 7) is 1.72. The number of aliphatic hydroxyl groups is 1. The zero-order valence-corrected chi connectivity index (χ0v) is 7.91. The third-order valence-corrected chi connectivity index (χ3v) is 2.23. The molecule has 1 atom stereocenters. The molecule has 1 aromatic carbocycles. The number of halogens is 1. The number of aromatic hydroxyl groups is 2. The summed E-state index contributed by atoms with van der Waals surface area (Å²) in [7, 11) is 0. The Hall–Kier alpha value is -0.930. The predicted molar refractivity (Wildman–Crippen MR) is 50.3 cm³/mol. The third kappa shape index (κ3) is 2.05. The SMILES string of the molecule is CC(CO)c1cc(O)c(O)cc1Cl. The molecule has 0 aliphatic rings. The van der Waals surface area contributed by atoms with Crippen molar-refractivity contribution in [3.63, 3.8) is 0 Å². The van der Waals surface area contributed by atoms with Gasteiger partial charge in [0.2, 0.25) is 0 Å². The van der Waals surface area contributed by atoms with Crippen molar-refractivity contribution in [3.05, 3.63) is 22.7 Å². The Kier molecular flexibility index (Phi) is 3.01. The van der Waals surface area contributed by atoms with Crippen LogP contribution in [0.25, 0.3) is 0 Å². The van der Waals surface area contributed by atoms with Crippen LogP contribution >= 0.6 is 11.6 Å². The molecule has 0 saturated heterocycles. The molecule has 1 rings (SSSR count).